The van der Waals surface area contributed by atoms with Gasteiger partial charge in [0, 0.05) is 27.0 Å². The minimum absolute atomic E-state index is 0. The van der Waals surface area contributed by atoms with E-state index in [1.807, 2.05) is 52.9 Å². The molecular weight excluding hydrogens is 308 g/mol. The largest absolute Gasteiger partial charge is 0.294 e. The monoisotopic (exact) mass is 326 g/mol. The average Bonchev–Trinajstić information content (AvgIpc) is 2.99. The molecule has 1 saturated carbocycles. The fourth-order valence-corrected chi connectivity index (χ4v) is 1.42. The van der Waals surface area contributed by atoms with E-state index in [-0.39, 0.29) is 26.8 Å². The molecule has 0 aliphatic heterocycles. The molecule has 0 N–H and O–H groups in total. The van der Waals surface area contributed by atoms with E-state index in [0.29, 0.717) is 0 Å². The van der Waals surface area contributed by atoms with Crippen molar-refractivity contribution < 1.29 is 30.5 Å². The molecule has 8 radical (unpaired) electrons. The zero-order valence-electron chi connectivity index (χ0n) is 10.8. The van der Waals surface area contributed by atoms with Crippen molar-refractivity contribution in [2.24, 2.45) is 0 Å². The molecular formula is C15H16MoO2. The van der Waals surface area contributed by atoms with Crippen molar-refractivity contribution in [2.45, 2.75) is 20.8 Å². The minimum Gasteiger partial charge on any atom is -0.294 e. The van der Waals surface area contributed by atoms with Crippen LogP contribution >= 0.6 is 0 Å². The van der Waals surface area contributed by atoms with Gasteiger partial charge < -0.3 is 0 Å². The Bertz CT molecular complexity index is 293. The van der Waals surface area contributed by atoms with Crippen LogP contribution in [-0.2, 0) is 30.5 Å². The summed E-state index contributed by atoms with van der Waals surface area (Å²) in [6.45, 7) is 13.9. The van der Waals surface area contributed by atoms with Crippen LogP contribution in [0.3, 0.4) is 0 Å². The Morgan fingerprint density at radius 2 is 1.28 bits per heavy atom. The minimum atomic E-state index is 0. The van der Waals surface area contributed by atoms with Crippen molar-refractivity contribution in [2.75, 3.05) is 0 Å². The van der Waals surface area contributed by atoms with Gasteiger partial charge in [-0.05, 0) is 58.4 Å². The molecule has 2 nitrogen and oxygen atoms in total. The van der Waals surface area contributed by atoms with Gasteiger partial charge >= 0.3 is 11.3 Å². The van der Waals surface area contributed by atoms with Gasteiger partial charge in [0.15, 0.2) is 5.78 Å². The van der Waals surface area contributed by atoms with Crippen molar-refractivity contribution in [3.8, 4) is 0 Å². The van der Waals surface area contributed by atoms with E-state index in [9.17, 15) is 4.79 Å². The number of hydrogen-bond acceptors (Lipinski definition) is 1. The second-order valence-electron chi connectivity index (χ2n) is 3.64. The normalized spacial score (nSPS) is 19.6. The molecule has 0 aromatic rings. The Kier molecular flexibility index (Phi) is 12.0. The zero-order chi connectivity index (χ0) is 13.4. The molecule has 2 aliphatic rings. The third kappa shape index (κ3) is 5.65. The summed E-state index contributed by atoms with van der Waals surface area (Å²) in [6, 6.07) is 0. The van der Waals surface area contributed by atoms with E-state index in [4.69, 9.17) is 4.65 Å². The maximum atomic E-state index is 11.2. The fourth-order valence-electron chi connectivity index (χ4n) is 1.42. The Morgan fingerprint density at radius 1 is 0.944 bits per heavy atom. The van der Waals surface area contributed by atoms with Crippen molar-refractivity contribution in [3.63, 3.8) is 0 Å². The van der Waals surface area contributed by atoms with E-state index in [2.05, 4.69) is 13.6 Å². The molecule has 94 valence electrons. The van der Waals surface area contributed by atoms with Crippen LogP contribution in [0.2, 0.25) is 0 Å². The molecule has 0 atom stereocenters. The van der Waals surface area contributed by atoms with E-state index in [0.717, 1.165) is 23.0 Å². The van der Waals surface area contributed by atoms with E-state index in [1.165, 1.54) is 0 Å². The van der Waals surface area contributed by atoms with Crippen molar-refractivity contribution >= 4 is 5.78 Å². The summed E-state index contributed by atoms with van der Waals surface area (Å²) in [5.41, 5.74) is 1.89. The first kappa shape index (κ1) is 20.2. The predicted octanol–water partition coefficient (Wildman–Crippen LogP) is 2.89. The number of carbonyl (C=O) groups is 1. The summed E-state index contributed by atoms with van der Waals surface area (Å²) in [7, 11) is 0. The average molecular weight is 324 g/mol. The summed E-state index contributed by atoms with van der Waals surface area (Å²) in [6.07, 6.45) is 10.0. The van der Waals surface area contributed by atoms with E-state index < -0.39 is 0 Å². The molecule has 0 aromatic carbocycles. The van der Waals surface area contributed by atoms with Gasteiger partial charge in [-0.1, -0.05) is 12.5 Å². The summed E-state index contributed by atoms with van der Waals surface area (Å²) >= 11 is 0. The first-order valence-electron chi connectivity index (χ1n) is 5.18. The van der Waals surface area contributed by atoms with E-state index >= 15 is 0 Å². The van der Waals surface area contributed by atoms with Crippen molar-refractivity contribution in [3.05, 3.63) is 68.7 Å². The van der Waals surface area contributed by atoms with Crippen LogP contribution in [0, 0.1) is 57.5 Å². The van der Waals surface area contributed by atoms with Crippen LogP contribution in [0.1, 0.15) is 20.8 Å². The smallest absolute Gasteiger partial charge is 0.166 e. The molecule has 3 heteroatoms. The standard InChI is InChI=1S/C9H11O.C5H5.CO.Mo/c1-5-6(2)8(4)9(10)7(5)3;1-2-4-5-3-1;1-2;/h1H2,2-4H3;1-5H;;. The summed E-state index contributed by atoms with van der Waals surface area (Å²) in [4.78, 5) is 11.2. The van der Waals surface area contributed by atoms with Crippen molar-refractivity contribution in [1.29, 1.82) is 0 Å². The molecule has 0 aromatic heterocycles. The van der Waals surface area contributed by atoms with Crippen LogP contribution < -0.4 is 0 Å². The van der Waals surface area contributed by atoms with Crippen LogP contribution in [0.5, 0.6) is 0 Å². The molecule has 2 rings (SSSR count). The number of Topliss-reactive ketones (excluding diaryl/α,β-unsaturated/α-hetero) is 1. The molecule has 1 fully saturated rings. The van der Waals surface area contributed by atoms with Gasteiger partial charge in [0.25, 0.3) is 0 Å². The molecule has 0 amide bonds. The topological polar surface area (TPSA) is 37.0 Å². The van der Waals surface area contributed by atoms with E-state index in [1.54, 1.807) is 0 Å². The first-order valence-corrected chi connectivity index (χ1v) is 5.18. The number of rotatable bonds is 0. The summed E-state index contributed by atoms with van der Waals surface area (Å²) in [5, 5.41) is 0. The molecule has 2 aliphatic carbocycles. The van der Waals surface area contributed by atoms with Crippen LogP contribution in [-0.4, -0.2) is 5.78 Å². The fraction of sp³-hybridized carbons (Fsp3) is 0.200. The maximum Gasteiger partial charge on any atom is 0.166 e. The van der Waals surface area contributed by atoms with Gasteiger partial charge in [0.2, 0.25) is 0 Å². The molecule has 0 unspecified atom stereocenters. The number of carbonyl (C=O) groups excluding carboxylic acids is 1. The Balaban J connectivity index is 0. The molecule has 0 spiro atoms. The Labute approximate surface area is 126 Å². The third-order valence-corrected chi connectivity index (χ3v) is 2.70. The quantitative estimate of drug-likeness (QED) is 0.383. The van der Waals surface area contributed by atoms with Gasteiger partial charge in [-0.3, -0.25) is 4.79 Å². The van der Waals surface area contributed by atoms with Crippen LogP contribution in [0.25, 0.3) is 0 Å². The number of allylic oxidation sites excluding steroid dienone is 2. The Morgan fingerprint density at radius 3 is 1.39 bits per heavy atom. The molecule has 0 heterocycles. The van der Waals surface area contributed by atoms with Gasteiger partial charge in [-0.2, -0.15) is 0 Å². The molecule has 18 heavy (non-hydrogen) atoms. The van der Waals surface area contributed by atoms with Gasteiger partial charge in [-0.25, -0.2) is 0 Å². The third-order valence-electron chi connectivity index (χ3n) is 2.70. The van der Waals surface area contributed by atoms with Crippen molar-refractivity contribution in [1.82, 2.24) is 0 Å². The maximum absolute atomic E-state index is 11.2. The summed E-state index contributed by atoms with van der Waals surface area (Å²) < 4.78 is 7.50. The summed E-state index contributed by atoms with van der Waals surface area (Å²) in [5.74, 6) is 1.86. The Hall–Kier alpha value is -0.162. The number of hydrogen-bond donors (Lipinski definition) is 0. The first-order chi connectivity index (χ1) is 8.05. The van der Waals surface area contributed by atoms with Gasteiger partial charge in [0.05, 0.1) is 5.92 Å². The predicted molar refractivity (Wildman–Crippen MR) is 66.3 cm³/mol. The van der Waals surface area contributed by atoms with Gasteiger partial charge in [0.1, 0.15) is 0 Å². The zero-order valence-corrected chi connectivity index (χ0v) is 12.8. The van der Waals surface area contributed by atoms with Crippen LogP contribution in [0.15, 0.2) is 11.1 Å². The molecule has 0 saturated heterocycles. The second kappa shape index (κ2) is 10.7. The van der Waals surface area contributed by atoms with Crippen LogP contribution in [0.4, 0.5) is 0 Å². The number of ketones is 1. The SMILES string of the molecule is [C-]#[O+].[CH2][C]1[C](C)C(=O)C(C)=C1C.[CH]1[CH][CH][CH][CH]1.[Mo]. The van der Waals surface area contributed by atoms with Gasteiger partial charge in [-0.15, -0.1) is 0 Å². The second-order valence-corrected chi connectivity index (χ2v) is 3.64. The molecule has 0 bridgehead atoms.